The normalized spacial score (nSPS) is 17.5. The molecular weight excluding hydrogens is 1090 g/mol. The third-order valence-electron chi connectivity index (χ3n) is 9.67. The number of aromatic nitrogens is 6. The van der Waals surface area contributed by atoms with Gasteiger partial charge in [-0.3, -0.25) is 18.2 Å². The Balaban J connectivity index is 1.03. The predicted octanol–water partition coefficient (Wildman–Crippen LogP) is 5.88. The van der Waals surface area contributed by atoms with Crippen molar-refractivity contribution in [1.82, 2.24) is 29.9 Å². The van der Waals surface area contributed by atoms with Crippen molar-refractivity contribution < 1.29 is 61.4 Å². The third-order valence-corrected chi connectivity index (χ3v) is 14.5. The maximum Gasteiger partial charge on any atom is 0.296 e. The highest BCUT2D eigenvalue weighted by Gasteiger charge is 2.44. The summed E-state index contributed by atoms with van der Waals surface area (Å²) in [5.74, 6) is -2.36. The summed E-state index contributed by atoms with van der Waals surface area (Å²) in [4.78, 5) is 29.9. The van der Waals surface area contributed by atoms with E-state index in [0.29, 0.717) is 0 Å². The van der Waals surface area contributed by atoms with Crippen LogP contribution in [0.15, 0.2) is 114 Å². The van der Waals surface area contributed by atoms with Gasteiger partial charge in [0, 0.05) is 0 Å². The lowest BCUT2D eigenvalue weighted by Crippen LogP contribution is -2.38. The summed E-state index contributed by atoms with van der Waals surface area (Å²) in [5, 5.41) is 8.63. The number of fused-ring (bicyclic) bond motifs is 4. The van der Waals surface area contributed by atoms with E-state index in [-0.39, 0.29) is 69.0 Å². The van der Waals surface area contributed by atoms with Gasteiger partial charge in [0.15, 0.2) is 23.7 Å². The van der Waals surface area contributed by atoms with E-state index in [0.717, 1.165) is 24.3 Å². The Morgan fingerprint density at radius 2 is 0.800 bits per heavy atom. The van der Waals surface area contributed by atoms with Gasteiger partial charge in [-0.2, -0.15) is 63.6 Å². The van der Waals surface area contributed by atoms with Crippen molar-refractivity contribution in [2.45, 2.75) is 22.0 Å². The summed E-state index contributed by atoms with van der Waals surface area (Å²) in [6.07, 6.45) is 1.26. The summed E-state index contributed by atoms with van der Waals surface area (Å²) in [5.41, 5.74) is -2.00. The van der Waals surface area contributed by atoms with Gasteiger partial charge in [-0.15, -0.1) is 0 Å². The van der Waals surface area contributed by atoms with Crippen molar-refractivity contribution in [1.29, 1.82) is 0 Å². The van der Waals surface area contributed by atoms with Gasteiger partial charge < -0.3 is 30.7 Å². The molecule has 34 heteroatoms. The lowest BCUT2D eigenvalue weighted by molar-refractivity contribution is 0.291. The van der Waals surface area contributed by atoms with Crippen molar-refractivity contribution in [3.8, 4) is 11.5 Å². The van der Waals surface area contributed by atoms with Crippen LogP contribution in [0.2, 0.25) is 20.6 Å². The molecule has 8 N–H and O–H groups in total. The number of hydrogen-bond donors (Lipinski definition) is 8. The molecule has 0 fully saturated rings. The minimum atomic E-state index is -5.23. The number of rotatable bonds is 12. The Morgan fingerprint density at radius 3 is 1.14 bits per heavy atom. The van der Waals surface area contributed by atoms with Crippen LogP contribution in [-0.2, 0) is 40.5 Å². The Morgan fingerprint density at radius 1 is 0.457 bits per heavy atom. The molecule has 4 aliphatic rings. The van der Waals surface area contributed by atoms with Crippen molar-refractivity contribution in [2.24, 2.45) is 9.98 Å². The summed E-state index contributed by atoms with van der Waals surface area (Å²) < 4.78 is 153. The van der Waals surface area contributed by atoms with Gasteiger partial charge >= 0.3 is 0 Å². The lowest BCUT2D eigenvalue weighted by atomic mass is 10.0. The van der Waals surface area contributed by atoms with E-state index in [1.54, 1.807) is 0 Å². The first kappa shape index (κ1) is 48.6. The molecule has 0 bridgehead atoms. The molecule has 26 nitrogen and oxygen atoms in total. The van der Waals surface area contributed by atoms with Crippen LogP contribution in [0.1, 0.15) is 0 Å². The van der Waals surface area contributed by atoms with Gasteiger partial charge in [0.25, 0.3) is 40.5 Å². The highest BCUT2D eigenvalue weighted by molar-refractivity contribution is 7.90. The fraction of sp³-hybridized carbons (Fsp3) is 0.0556. The molecule has 0 radical (unpaired) electrons. The van der Waals surface area contributed by atoms with Crippen LogP contribution in [0.4, 0.5) is 46.5 Å². The minimum absolute atomic E-state index is 0.165. The summed E-state index contributed by atoms with van der Waals surface area (Å²) in [6, 6.07) is 10.3. The molecule has 2 aliphatic carbocycles. The molecular formula is C36H22Cl4N12O14S4. The van der Waals surface area contributed by atoms with E-state index < -0.39 is 105 Å². The maximum atomic E-state index is 13.1. The maximum absolute atomic E-state index is 13.1. The standard InChI is InChI=1S/C36H22Cl4N12O14S4/c37-21-24-28(66-26-16(42-24)10-12-18(30(26)70(62,63)64)46-36-50-32(40)48-34(52-36)44-14-6-2-4-8-20(14)68(56,57)58)22(38)23-27(21)65-25-15(41-23)9-11-17(29(25)69(59,60)61)45-35-49-31(39)47-33(51-35)43-13-5-1-3-7-19(13)67(53,54)55/h1-12,25-26H,(H,53,54,55)(H,56,57,58)(H,59,60,61)(H,62,63,64)(H2,43,45,47,49,51)(H2,44,46,48,50,52). The highest BCUT2D eigenvalue weighted by Crippen LogP contribution is 2.58. The summed E-state index contributed by atoms with van der Waals surface area (Å²) in [6.45, 7) is 0. The van der Waals surface area contributed by atoms with Gasteiger partial charge in [0.1, 0.15) is 41.0 Å². The molecule has 362 valence electrons. The topological polar surface area (TPSA) is 386 Å². The number of nitrogens with one attached hydrogen (secondary N) is 4. The van der Waals surface area contributed by atoms with E-state index in [1.165, 1.54) is 48.6 Å². The SMILES string of the molecule is O=S(=O)(O)C1=C(Nc2nc(Cl)nc(Nc3ccccc3S(=O)(=O)O)n2)C=CC2=Nc3c(Cl)c4c(c(Cl)c3OC21)N=C1C=CC(Nc2nc(Cl)nc(Nc3ccccc3S(=O)(=O)O)n2)=C(S(=O)(=O)O)C1O4. The van der Waals surface area contributed by atoms with E-state index in [4.69, 9.17) is 55.9 Å². The zero-order valence-corrected chi connectivity index (χ0v) is 40.0. The molecule has 2 aliphatic heterocycles. The first-order valence-electron chi connectivity index (χ1n) is 18.7. The van der Waals surface area contributed by atoms with Gasteiger partial charge in [-0.1, -0.05) is 47.5 Å². The molecule has 5 aromatic rings. The second kappa shape index (κ2) is 17.8. The zero-order chi connectivity index (χ0) is 50.2. The highest BCUT2D eigenvalue weighted by atomic mass is 35.5. The number of nitrogens with zero attached hydrogens (tertiary/aromatic N) is 8. The molecule has 0 saturated heterocycles. The number of benzene rings is 3. The number of hydrogen-bond acceptors (Lipinski definition) is 22. The van der Waals surface area contributed by atoms with E-state index in [2.05, 4.69) is 61.2 Å². The van der Waals surface area contributed by atoms with Crippen molar-refractivity contribution in [3.63, 3.8) is 0 Å². The Hall–Kier alpha value is -6.42. The van der Waals surface area contributed by atoms with Crippen LogP contribution in [-0.4, -0.2) is 105 Å². The van der Waals surface area contributed by atoms with E-state index >= 15 is 0 Å². The number of allylic oxidation sites excluding steroid dienone is 2. The van der Waals surface area contributed by atoms with Gasteiger partial charge in [-0.05, 0) is 71.8 Å². The number of anilines is 6. The average Bonchev–Trinajstić information content (AvgIpc) is 3.25. The molecule has 0 saturated carbocycles. The van der Waals surface area contributed by atoms with Gasteiger partial charge in [-0.25, -0.2) is 9.98 Å². The van der Waals surface area contributed by atoms with Crippen LogP contribution >= 0.6 is 46.4 Å². The second-order valence-corrected chi connectivity index (χ2v) is 21.2. The molecule has 2 aromatic heterocycles. The smallest absolute Gasteiger partial charge is 0.296 e. The van der Waals surface area contributed by atoms with Crippen molar-refractivity contribution >= 4 is 145 Å². The third kappa shape index (κ3) is 9.58. The lowest BCUT2D eigenvalue weighted by Gasteiger charge is -2.33. The monoisotopic (exact) mass is 1110 g/mol. The quantitative estimate of drug-likeness (QED) is 0.0676. The fourth-order valence-electron chi connectivity index (χ4n) is 6.93. The Labute approximate surface area is 413 Å². The molecule has 2 atom stereocenters. The number of halogens is 4. The average molecular weight is 1120 g/mol. The zero-order valence-electron chi connectivity index (χ0n) is 33.7. The van der Waals surface area contributed by atoms with Crippen LogP contribution in [0.5, 0.6) is 11.5 Å². The summed E-state index contributed by atoms with van der Waals surface area (Å²) >= 11 is 25.9. The van der Waals surface area contributed by atoms with Crippen molar-refractivity contribution in [3.05, 3.63) is 115 Å². The molecule has 4 heterocycles. The van der Waals surface area contributed by atoms with Gasteiger partial charge in [0.05, 0.1) is 34.2 Å². The second-order valence-electron chi connectivity index (χ2n) is 14.2. The molecule has 0 amide bonds. The predicted molar refractivity (Wildman–Crippen MR) is 251 cm³/mol. The Bertz CT molecular complexity index is 3570. The minimum Gasteiger partial charge on any atom is -0.474 e. The van der Waals surface area contributed by atoms with Crippen LogP contribution in [0, 0.1) is 0 Å². The summed E-state index contributed by atoms with van der Waals surface area (Å²) in [7, 11) is -19.9. The molecule has 3 aromatic carbocycles. The van der Waals surface area contributed by atoms with E-state index in [1.807, 2.05) is 0 Å². The van der Waals surface area contributed by atoms with Crippen LogP contribution in [0.3, 0.4) is 0 Å². The molecule has 2 unspecified atom stereocenters. The fourth-order valence-corrected chi connectivity index (χ4v) is 10.7. The van der Waals surface area contributed by atoms with Crippen molar-refractivity contribution in [2.75, 3.05) is 21.3 Å². The van der Waals surface area contributed by atoms with E-state index in [9.17, 15) is 51.9 Å². The number of ether oxygens (including phenoxy) is 2. The number of para-hydroxylation sites is 2. The number of aliphatic imine (C=N–C) groups is 2. The largest absolute Gasteiger partial charge is 0.474 e. The van der Waals surface area contributed by atoms with Crippen LogP contribution in [0.25, 0.3) is 0 Å². The molecule has 0 spiro atoms. The first-order valence-corrected chi connectivity index (χ1v) is 26.0. The molecule has 70 heavy (non-hydrogen) atoms. The van der Waals surface area contributed by atoms with Crippen LogP contribution < -0.4 is 30.7 Å². The first-order chi connectivity index (χ1) is 32.8. The van der Waals surface area contributed by atoms with Gasteiger partial charge in [0.2, 0.25) is 34.4 Å². The molecule has 9 rings (SSSR count). The Kier molecular flexibility index (Phi) is 12.3.